The minimum Gasteiger partial charge on any atom is -0.479 e. The first-order valence-electron chi connectivity index (χ1n) is 10.3. The Bertz CT molecular complexity index is 1010. The van der Waals surface area contributed by atoms with E-state index in [2.05, 4.69) is 0 Å². The Morgan fingerprint density at radius 1 is 0.941 bits per heavy atom. The molecule has 1 heterocycles. The molecule has 34 heavy (non-hydrogen) atoms. The van der Waals surface area contributed by atoms with Crippen molar-refractivity contribution in [2.24, 2.45) is 0 Å². The lowest BCUT2D eigenvalue weighted by atomic mass is 9.99. The number of carboxylic acid groups (broad SMARTS) is 1. The van der Waals surface area contributed by atoms with Gasteiger partial charge in [-0.15, -0.1) is 0 Å². The van der Waals surface area contributed by atoms with Gasteiger partial charge in [-0.3, -0.25) is 0 Å². The Morgan fingerprint density at radius 3 is 2.00 bits per heavy atom. The smallest absolute Gasteiger partial charge is 0.352 e. The lowest BCUT2D eigenvalue weighted by molar-refractivity contribution is -0.289. The maximum absolute atomic E-state index is 12.7. The van der Waals surface area contributed by atoms with Crippen molar-refractivity contribution in [2.45, 2.75) is 56.3 Å². The molecule has 0 aromatic heterocycles. The number of rotatable bonds is 7. The van der Waals surface area contributed by atoms with Gasteiger partial charge in [0.25, 0.3) is 0 Å². The van der Waals surface area contributed by atoms with Gasteiger partial charge < -0.3 is 39.7 Å². The molecule has 1 aliphatic rings. The predicted molar refractivity (Wildman–Crippen MR) is 117 cm³/mol. The number of benzene rings is 2. The molecular formula is C23H25ClO10. The molecule has 2 aromatic rings. The zero-order valence-corrected chi connectivity index (χ0v) is 19.0. The number of carbonyl (C=O) groups is 2. The van der Waals surface area contributed by atoms with Crippen molar-refractivity contribution in [3.8, 4) is 5.75 Å². The fourth-order valence-electron chi connectivity index (χ4n) is 3.29. The molecule has 0 aliphatic carbocycles. The summed E-state index contributed by atoms with van der Waals surface area (Å²) in [6.07, 6.45) is -10.3. The number of carboxylic acids is 1. The van der Waals surface area contributed by atoms with Gasteiger partial charge in [-0.2, -0.15) is 0 Å². The van der Waals surface area contributed by atoms with Crippen LogP contribution in [-0.2, 0) is 19.1 Å². The molecule has 10 nitrogen and oxygen atoms in total. The van der Waals surface area contributed by atoms with E-state index in [0.717, 1.165) is 0 Å². The molecule has 0 spiro atoms. The molecule has 184 valence electrons. The van der Waals surface area contributed by atoms with Crippen LogP contribution in [0.2, 0.25) is 5.02 Å². The molecule has 1 fully saturated rings. The lowest BCUT2D eigenvalue weighted by Gasteiger charge is -2.39. The monoisotopic (exact) mass is 496 g/mol. The fraction of sp³-hybridized carbons (Fsp3) is 0.391. The van der Waals surface area contributed by atoms with Gasteiger partial charge in [0.2, 0.25) is 6.29 Å². The minimum atomic E-state index is -1.91. The Balaban J connectivity index is 1.66. The first-order chi connectivity index (χ1) is 15.9. The minimum absolute atomic E-state index is 0.262. The summed E-state index contributed by atoms with van der Waals surface area (Å²) in [5.41, 5.74) is -0.403. The number of aliphatic hydroxyl groups is 4. The summed E-state index contributed by atoms with van der Waals surface area (Å²) >= 11 is 5.87. The molecule has 1 aliphatic heterocycles. The molecule has 1 saturated heterocycles. The number of ether oxygens (including phenoxy) is 3. The summed E-state index contributed by atoms with van der Waals surface area (Å²) in [4.78, 5) is 23.9. The Morgan fingerprint density at radius 2 is 1.47 bits per heavy atom. The van der Waals surface area contributed by atoms with Crippen LogP contribution < -0.4 is 4.74 Å². The van der Waals surface area contributed by atoms with E-state index in [4.69, 9.17) is 30.9 Å². The predicted octanol–water partition coefficient (Wildman–Crippen LogP) is 1.01. The molecule has 0 amide bonds. The van der Waals surface area contributed by atoms with Gasteiger partial charge in [-0.25, -0.2) is 9.59 Å². The second kappa shape index (κ2) is 10.3. The molecule has 0 radical (unpaired) electrons. The van der Waals surface area contributed by atoms with Crippen molar-refractivity contribution in [1.82, 2.24) is 0 Å². The number of hydrogen-bond donors (Lipinski definition) is 5. The molecular weight excluding hydrogens is 472 g/mol. The number of carbonyl (C=O) groups excluding carboxylic acids is 1. The molecule has 3 rings (SSSR count). The largest absolute Gasteiger partial charge is 0.479 e. The molecule has 6 atom stereocenters. The molecule has 0 saturated carbocycles. The summed E-state index contributed by atoms with van der Waals surface area (Å²) in [6.45, 7) is 2.75. The van der Waals surface area contributed by atoms with Gasteiger partial charge in [-0.05, 0) is 49.2 Å². The molecule has 5 N–H and O–H groups in total. The van der Waals surface area contributed by atoms with Crippen LogP contribution in [0.25, 0.3) is 0 Å². The van der Waals surface area contributed by atoms with Gasteiger partial charge in [0.15, 0.2) is 11.7 Å². The fourth-order valence-corrected chi connectivity index (χ4v) is 3.41. The first-order valence-corrected chi connectivity index (χ1v) is 10.6. The highest BCUT2D eigenvalue weighted by atomic mass is 35.5. The number of aliphatic hydroxyl groups excluding tert-OH is 4. The lowest BCUT2D eigenvalue weighted by Crippen LogP contribution is -2.61. The summed E-state index contributed by atoms with van der Waals surface area (Å²) in [5.74, 6) is -2.36. The zero-order chi connectivity index (χ0) is 25.2. The maximum atomic E-state index is 12.7. The summed E-state index contributed by atoms with van der Waals surface area (Å²) in [5, 5.41) is 49.8. The standard InChI is InChI=1S/C23H25ClO10/c1-23(2,22(31)33-21-18(28)16(26)17(27)19(32-21)20(29)30)34-14-9-5-12(6-10-14)15(25)11-3-7-13(24)8-4-11/h3-10,15-19,21,25-28H,1-2H3,(H,29,30)/t15?,16-,17-,18+,19-,21-/m1/s1. The van der Waals surface area contributed by atoms with Gasteiger partial charge in [0, 0.05) is 5.02 Å². The van der Waals surface area contributed by atoms with E-state index >= 15 is 0 Å². The topological polar surface area (TPSA) is 163 Å². The van der Waals surface area contributed by atoms with E-state index in [1.807, 2.05) is 0 Å². The van der Waals surface area contributed by atoms with Gasteiger partial charge in [-0.1, -0.05) is 35.9 Å². The van der Waals surface area contributed by atoms with Gasteiger partial charge in [0.1, 0.15) is 30.2 Å². The SMILES string of the molecule is CC(C)(Oc1ccc(C(O)c2ccc(Cl)cc2)cc1)C(=O)O[C@H]1O[C@@H](C(=O)O)[C@H](O)[C@@H](O)[C@@H]1O. The third-order valence-electron chi connectivity index (χ3n) is 5.28. The Labute approximate surface area is 199 Å². The van der Waals surface area contributed by atoms with Crippen LogP contribution in [0.5, 0.6) is 5.75 Å². The van der Waals surface area contributed by atoms with Crippen molar-refractivity contribution >= 4 is 23.5 Å². The number of halogens is 1. The van der Waals surface area contributed by atoms with Crippen LogP contribution in [0.4, 0.5) is 0 Å². The van der Waals surface area contributed by atoms with Crippen molar-refractivity contribution in [1.29, 1.82) is 0 Å². The zero-order valence-electron chi connectivity index (χ0n) is 18.2. The highest BCUT2D eigenvalue weighted by molar-refractivity contribution is 6.30. The van der Waals surface area contributed by atoms with Crippen molar-refractivity contribution in [3.63, 3.8) is 0 Å². The molecule has 11 heteroatoms. The van der Waals surface area contributed by atoms with Crippen LogP contribution in [-0.4, -0.2) is 73.8 Å². The maximum Gasteiger partial charge on any atom is 0.352 e. The average Bonchev–Trinajstić information content (AvgIpc) is 2.79. The third kappa shape index (κ3) is 5.66. The molecule has 2 aromatic carbocycles. The summed E-state index contributed by atoms with van der Waals surface area (Å²) in [7, 11) is 0. The third-order valence-corrected chi connectivity index (χ3v) is 5.53. The quantitative estimate of drug-likeness (QED) is 0.349. The average molecular weight is 497 g/mol. The van der Waals surface area contributed by atoms with E-state index < -0.39 is 54.3 Å². The van der Waals surface area contributed by atoms with E-state index in [9.17, 15) is 30.0 Å². The van der Waals surface area contributed by atoms with E-state index in [0.29, 0.717) is 16.1 Å². The second-order valence-corrected chi connectivity index (χ2v) is 8.71. The van der Waals surface area contributed by atoms with Crippen molar-refractivity contribution in [2.75, 3.05) is 0 Å². The van der Waals surface area contributed by atoms with Crippen LogP contribution in [0.1, 0.15) is 31.1 Å². The van der Waals surface area contributed by atoms with Crippen LogP contribution in [0.15, 0.2) is 48.5 Å². The van der Waals surface area contributed by atoms with Gasteiger partial charge >= 0.3 is 11.9 Å². The Hall–Kier alpha value is -2.73. The number of aliphatic carboxylic acids is 1. The summed E-state index contributed by atoms with van der Waals surface area (Å²) in [6, 6.07) is 13.0. The van der Waals surface area contributed by atoms with E-state index in [1.54, 1.807) is 36.4 Å². The molecule has 1 unspecified atom stereocenters. The number of hydrogen-bond acceptors (Lipinski definition) is 9. The molecule has 0 bridgehead atoms. The van der Waals surface area contributed by atoms with Crippen molar-refractivity contribution < 1.29 is 49.3 Å². The van der Waals surface area contributed by atoms with Crippen LogP contribution >= 0.6 is 11.6 Å². The normalized spacial score (nSPS) is 25.9. The van der Waals surface area contributed by atoms with Crippen LogP contribution in [0, 0.1) is 0 Å². The van der Waals surface area contributed by atoms with Crippen LogP contribution in [0.3, 0.4) is 0 Å². The Kier molecular flexibility index (Phi) is 7.81. The second-order valence-electron chi connectivity index (χ2n) is 8.28. The highest BCUT2D eigenvalue weighted by Gasteiger charge is 2.49. The highest BCUT2D eigenvalue weighted by Crippen LogP contribution is 2.28. The van der Waals surface area contributed by atoms with Crippen molar-refractivity contribution in [3.05, 3.63) is 64.7 Å². The van der Waals surface area contributed by atoms with E-state index in [1.165, 1.54) is 26.0 Å². The summed E-state index contributed by atoms with van der Waals surface area (Å²) < 4.78 is 15.7. The number of esters is 1. The van der Waals surface area contributed by atoms with Gasteiger partial charge in [0.05, 0.1) is 0 Å². The first kappa shape index (κ1) is 25.9. The van der Waals surface area contributed by atoms with E-state index in [-0.39, 0.29) is 5.75 Å².